The Hall–Kier alpha value is -0.530. The molecular formula is C14H24N2O2S3. The molecule has 1 heterocycles. The van der Waals surface area contributed by atoms with Crippen LogP contribution in [0, 0.1) is 0 Å². The molecule has 2 unspecified atom stereocenters. The predicted molar refractivity (Wildman–Crippen MR) is 95.5 cm³/mol. The van der Waals surface area contributed by atoms with E-state index in [1.54, 1.807) is 12.5 Å². The van der Waals surface area contributed by atoms with Crippen molar-refractivity contribution in [1.29, 1.82) is 0 Å². The molecule has 0 N–H and O–H groups in total. The Balaban J connectivity index is 3.26. The largest absolute Gasteiger partial charge is 0.261 e. The van der Waals surface area contributed by atoms with Gasteiger partial charge in [0.05, 0.1) is 15.3 Å². The highest BCUT2D eigenvalue weighted by Gasteiger charge is 2.21. The van der Waals surface area contributed by atoms with Crippen molar-refractivity contribution in [3.05, 3.63) is 11.1 Å². The molecular weight excluding hydrogens is 324 g/mol. The fourth-order valence-corrected chi connectivity index (χ4v) is 4.74. The Morgan fingerprint density at radius 1 is 1.43 bits per heavy atom. The smallest absolute Gasteiger partial charge is 0.173 e. The third kappa shape index (κ3) is 4.47. The minimum absolute atomic E-state index is 0.389. The van der Waals surface area contributed by atoms with E-state index in [4.69, 9.17) is 0 Å². The lowest BCUT2D eigenvalue weighted by molar-refractivity contribution is 0.650. The van der Waals surface area contributed by atoms with Crippen LogP contribution in [0.25, 0.3) is 0 Å². The van der Waals surface area contributed by atoms with E-state index in [1.165, 1.54) is 11.3 Å². The maximum atomic E-state index is 12.6. The molecule has 0 radical (unpaired) electrons. The van der Waals surface area contributed by atoms with E-state index in [2.05, 4.69) is 9.38 Å². The Kier molecular flexibility index (Phi) is 5.91. The second-order valence-corrected chi connectivity index (χ2v) is 12.1. The van der Waals surface area contributed by atoms with Crippen LogP contribution in [-0.2, 0) is 20.5 Å². The summed E-state index contributed by atoms with van der Waals surface area (Å²) in [7, 11) is -3.51. The molecule has 7 heteroatoms. The van der Waals surface area contributed by atoms with Gasteiger partial charge in [-0.3, -0.25) is 4.21 Å². The molecule has 0 aliphatic rings. The zero-order valence-electron chi connectivity index (χ0n) is 13.7. The SMILES string of the molecule is CCC(=NS(=O)C(C)(C)C)c1cnc(S(C)(=O)=C(C)C)s1. The summed E-state index contributed by atoms with van der Waals surface area (Å²) in [5.74, 6) is 0. The van der Waals surface area contributed by atoms with Gasteiger partial charge in [-0.1, -0.05) is 6.92 Å². The van der Waals surface area contributed by atoms with Crippen molar-refractivity contribution >= 4 is 42.4 Å². The highest BCUT2D eigenvalue weighted by Crippen LogP contribution is 2.23. The standard InChI is InChI=1S/C14H24N2O2S3/c1-8-11(16-20(17)14(4,5)6)12-9-15-13(19-12)21(7,18)10(2)3/h9H,8H2,1-7H3. The summed E-state index contributed by atoms with van der Waals surface area (Å²) < 4.78 is 29.3. The van der Waals surface area contributed by atoms with Crippen molar-refractivity contribution in [2.24, 2.45) is 4.40 Å². The number of aromatic nitrogens is 1. The van der Waals surface area contributed by atoms with Crippen molar-refractivity contribution in [2.45, 2.75) is 57.0 Å². The number of rotatable bonds is 4. The minimum Gasteiger partial charge on any atom is -0.261 e. The van der Waals surface area contributed by atoms with Crippen molar-refractivity contribution < 1.29 is 8.42 Å². The van der Waals surface area contributed by atoms with E-state index >= 15 is 0 Å². The molecule has 0 aromatic carbocycles. The van der Waals surface area contributed by atoms with Crippen LogP contribution in [0.4, 0.5) is 0 Å². The summed E-state index contributed by atoms with van der Waals surface area (Å²) in [6.45, 7) is 11.4. The van der Waals surface area contributed by atoms with Crippen molar-refractivity contribution in [3.63, 3.8) is 0 Å². The van der Waals surface area contributed by atoms with Crippen molar-refractivity contribution in [2.75, 3.05) is 6.26 Å². The Morgan fingerprint density at radius 3 is 2.43 bits per heavy atom. The molecule has 21 heavy (non-hydrogen) atoms. The Labute approximate surface area is 134 Å². The molecule has 0 fully saturated rings. The lowest BCUT2D eigenvalue weighted by Gasteiger charge is -2.14. The topological polar surface area (TPSA) is 59.4 Å². The van der Waals surface area contributed by atoms with E-state index in [1.807, 2.05) is 41.5 Å². The molecule has 0 spiro atoms. The van der Waals surface area contributed by atoms with Crippen LogP contribution in [0.1, 0.15) is 52.8 Å². The normalized spacial score (nSPS) is 17.4. The van der Waals surface area contributed by atoms with Gasteiger partial charge in [0.25, 0.3) is 0 Å². The molecule has 1 aromatic rings. The Morgan fingerprint density at radius 2 is 2.00 bits per heavy atom. The van der Waals surface area contributed by atoms with Crippen LogP contribution >= 0.6 is 11.3 Å². The quantitative estimate of drug-likeness (QED) is 0.620. The molecule has 0 amide bonds. The number of nitrogens with zero attached hydrogens (tertiary/aromatic N) is 2. The molecule has 2 atom stereocenters. The van der Waals surface area contributed by atoms with Crippen LogP contribution in [0.3, 0.4) is 0 Å². The molecule has 0 bridgehead atoms. The van der Waals surface area contributed by atoms with Crippen LogP contribution in [0.5, 0.6) is 0 Å². The van der Waals surface area contributed by atoms with Crippen molar-refractivity contribution in [3.8, 4) is 0 Å². The summed E-state index contributed by atoms with van der Waals surface area (Å²) >= 11 is 1.38. The summed E-state index contributed by atoms with van der Waals surface area (Å²) in [4.78, 5) is 6.00. The first kappa shape index (κ1) is 18.5. The third-order valence-electron chi connectivity index (χ3n) is 2.93. The summed E-state index contributed by atoms with van der Waals surface area (Å²) in [5, 5.41) is 0. The second-order valence-electron chi connectivity index (χ2n) is 6.00. The number of hydrogen-bond donors (Lipinski definition) is 0. The first-order valence-corrected chi connectivity index (χ1v) is 10.6. The van der Waals surface area contributed by atoms with Crippen LogP contribution in [0.15, 0.2) is 14.9 Å². The average Bonchev–Trinajstić information content (AvgIpc) is 2.84. The fourth-order valence-electron chi connectivity index (χ4n) is 1.27. The maximum absolute atomic E-state index is 12.6. The minimum atomic E-state index is -2.21. The highest BCUT2D eigenvalue weighted by atomic mass is 32.2. The van der Waals surface area contributed by atoms with Gasteiger partial charge in [-0.15, -0.1) is 11.3 Å². The van der Waals surface area contributed by atoms with Gasteiger partial charge in [0.2, 0.25) is 0 Å². The molecule has 4 nitrogen and oxygen atoms in total. The van der Waals surface area contributed by atoms with Gasteiger partial charge in [0.15, 0.2) is 4.34 Å². The van der Waals surface area contributed by atoms with E-state index in [9.17, 15) is 8.42 Å². The molecule has 120 valence electrons. The first-order chi connectivity index (χ1) is 9.50. The van der Waals surface area contributed by atoms with Gasteiger partial charge in [0.1, 0.15) is 11.0 Å². The Bertz CT molecular complexity index is 683. The van der Waals surface area contributed by atoms with E-state index in [0.29, 0.717) is 10.8 Å². The predicted octanol–water partition coefficient (Wildman–Crippen LogP) is 3.29. The number of thiazole rings is 1. The number of hydrogen-bond acceptors (Lipinski definition) is 4. The van der Waals surface area contributed by atoms with E-state index in [-0.39, 0.29) is 4.75 Å². The van der Waals surface area contributed by atoms with Gasteiger partial charge in [-0.25, -0.2) is 9.19 Å². The summed E-state index contributed by atoms with van der Waals surface area (Å²) in [6, 6.07) is 0. The van der Waals surface area contributed by atoms with Gasteiger partial charge in [-0.2, -0.15) is 4.40 Å². The summed E-state index contributed by atoms with van der Waals surface area (Å²) in [5.41, 5.74) is 0.760. The third-order valence-corrected chi connectivity index (χ3v) is 8.74. The molecule has 1 aromatic heterocycles. The van der Waals surface area contributed by atoms with Gasteiger partial charge in [0, 0.05) is 22.0 Å². The zero-order chi connectivity index (χ0) is 16.4. The lowest BCUT2D eigenvalue weighted by atomic mass is 10.3. The van der Waals surface area contributed by atoms with Gasteiger partial charge < -0.3 is 0 Å². The van der Waals surface area contributed by atoms with Gasteiger partial charge >= 0.3 is 0 Å². The molecule has 0 saturated carbocycles. The molecule has 0 saturated heterocycles. The monoisotopic (exact) mass is 348 g/mol. The van der Waals surface area contributed by atoms with Crippen molar-refractivity contribution in [1.82, 2.24) is 4.98 Å². The molecule has 0 aliphatic carbocycles. The van der Waals surface area contributed by atoms with Crippen LogP contribution in [-0.4, -0.2) is 35.0 Å². The molecule has 1 rings (SSSR count). The zero-order valence-corrected chi connectivity index (χ0v) is 16.2. The van der Waals surface area contributed by atoms with E-state index in [0.717, 1.165) is 15.5 Å². The molecule has 0 aliphatic heterocycles. The first-order valence-electron chi connectivity index (χ1n) is 6.75. The second kappa shape index (κ2) is 6.71. The van der Waals surface area contributed by atoms with Crippen LogP contribution in [0.2, 0.25) is 0 Å². The van der Waals surface area contributed by atoms with E-state index < -0.39 is 20.5 Å². The summed E-state index contributed by atoms with van der Waals surface area (Å²) in [6.07, 6.45) is 4.07. The highest BCUT2D eigenvalue weighted by molar-refractivity contribution is 8.03. The average molecular weight is 349 g/mol. The fraction of sp³-hybridized carbons (Fsp3) is 0.643. The maximum Gasteiger partial charge on any atom is 0.173 e. The lowest BCUT2D eigenvalue weighted by Crippen LogP contribution is -2.20. The van der Waals surface area contributed by atoms with Gasteiger partial charge in [-0.05, 0) is 45.9 Å². The van der Waals surface area contributed by atoms with Crippen LogP contribution < -0.4 is 0 Å².